The van der Waals surface area contributed by atoms with Crippen LogP contribution in [-0.2, 0) is 0 Å². The van der Waals surface area contributed by atoms with Gasteiger partial charge in [-0.05, 0) is 12.2 Å². The minimum absolute atomic E-state index is 0.494. The predicted molar refractivity (Wildman–Crippen MR) is 37.5 cm³/mol. The van der Waals surface area contributed by atoms with Crippen LogP contribution in [0, 0.1) is 5.92 Å². The fourth-order valence-electron chi connectivity index (χ4n) is 0.997. The third kappa shape index (κ3) is 1.61. The molecule has 0 aromatic carbocycles. The molecule has 1 aliphatic heterocycles. The van der Waals surface area contributed by atoms with Crippen molar-refractivity contribution < 1.29 is 13.9 Å². The Morgan fingerprint density at radius 1 is 1.60 bits per heavy atom. The molecule has 1 N–H and O–H groups in total. The molecule has 1 unspecified atom stereocenters. The Balaban J connectivity index is 2.45. The van der Waals surface area contributed by atoms with Crippen LogP contribution in [0.1, 0.15) is 6.42 Å². The average Bonchev–Trinajstić information content (AvgIpc) is 2.38. The number of aliphatic hydroxyl groups is 1. The van der Waals surface area contributed by atoms with E-state index >= 15 is 0 Å². The molecule has 60 valence electrons. The molecule has 1 rings (SSSR count). The largest absolute Gasteiger partial charge is 0.390 e. The first-order valence-electron chi connectivity index (χ1n) is 3.23. The number of alkyl halides is 2. The van der Waals surface area contributed by atoms with Crippen LogP contribution in [0.25, 0.3) is 0 Å². The molecule has 1 fully saturated rings. The van der Waals surface area contributed by atoms with Crippen molar-refractivity contribution >= 4 is 11.8 Å². The van der Waals surface area contributed by atoms with Crippen LogP contribution < -0.4 is 0 Å². The first kappa shape index (κ1) is 8.27. The SMILES string of the molecule is OCC(F)(F)C1CCSC1. The molecule has 0 aromatic rings. The van der Waals surface area contributed by atoms with Crippen LogP contribution >= 0.6 is 11.8 Å². The van der Waals surface area contributed by atoms with Gasteiger partial charge in [0, 0.05) is 11.7 Å². The summed E-state index contributed by atoms with van der Waals surface area (Å²) >= 11 is 1.53. The van der Waals surface area contributed by atoms with Crippen molar-refractivity contribution in [3.8, 4) is 0 Å². The summed E-state index contributed by atoms with van der Waals surface area (Å²) in [5.74, 6) is -2.14. The summed E-state index contributed by atoms with van der Waals surface area (Å²) in [6.45, 7) is -1.00. The lowest BCUT2D eigenvalue weighted by molar-refractivity contribution is -0.0894. The summed E-state index contributed by atoms with van der Waals surface area (Å²) in [5.41, 5.74) is 0. The second-order valence-corrected chi connectivity index (χ2v) is 3.63. The molecule has 1 atom stereocenters. The lowest BCUT2D eigenvalue weighted by Crippen LogP contribution is -2.32. The van der Waals surface area contributed by atoms with Crippen molar-refractivity contribution in [1.29, 1.82) is 0 Å². The first-order valence-corrected chi connectivity index (χ1v) is 4.38. The molecule has 1 nitrogen and oxygen atoms in total. The zero-order chi connectivity index (χ0) is 7.61. The van der Waals surface area contributed by atoms with Gasteiger partial charge in [0.15, 0.2) is 0 Å². The number of halogens is 2. The molecule has 0 radical (unpaired) electrons. The standard InChI is InChI=1S/C6H10F2OS/c7-6(8,4-9)5-1-2-10-3-5/h5,9H,1-4H2. The third-order valence-electron chi connectivity index (χ3n) is 1.74. The lowest BCUT2D eigenvalue weighted by atomic mass is 10.0. The van der Waals surface area contributed by atoms with Crippen LogP contribution in [0.2, 0.25) is 0 Å². The average molecular weight is 168 g/mol. The van der Waals surface area contributed by atoms with Gasteiger partial charge in [-0.25, -0.2) is 8.78 Å². The Morgan fingerprint density at radius 2 is 2.30 bits per heavy atom. The highest BCUT2D eigenvalue weighted by Crippen LogP contribution is 2.35. The molecule has 0 spiro atoms. The number of thioether (sulfide) groups is 1. The maximum Gasteiger partial charge on any atom is 0.274 e. The van der Waals surface area contributed by atoms with E-state index < -0.39 is 18.4 Å². The Hall–Kier alpha value is 0.170. The fourth-order valence-corrected chi connectivity index (χ4v) is 2.31. The van der Waals surface area contributed by atoms with Gasteiger partial charge in [-0.1, -0.05) is 0 Å². The van der Waals surface area contributed by atoms with E-state index in [0.717, 1.165) is 5.75 Å². The Kier molecular flexibility index (Phi) is 2.52. The van der Waals surface area contributed by atoms with Crippen LogP contribution in [0.5, 0.6) is 0 Å². The van der Waals surface area contributed by atoms with Gasteiger partial charge in [0.05, 0.1) is 0 Å². The second-order valence-electron chi connectivity index (χ2n) is 2.48. The third-order valence-corrected chi connectivity index (χ3v) is 2.90. The van der Waals surface area contributed by atoms with Gasteiger partial charge in [0.1, 0.15) is 6.61 Å². The maximum absolute atomic E-state index is 12.6. The summed E-state index contributed by atoms with van der Waals surface area (Å²) in [6.07, 6.45) is 0.540. The van der Waals surface area contributed by atoms with E-state index in [-0.39, 0.29) is 0 Å². The number of rotatable bonds is 2. The molecule has 0 bridgehead atoms. The zero-order valence-corrected chi connectivity index (χ0v) is 6.33. The zero-order valence-electron chi connectivity index (χ0n) is 5.52. The van der Waals surface area contributed by atoms with Gasteiger partial charge in [0.25, 0.3) is 5.92 Å². The smallest absolute Gasteiger partial charge is 0.274 e. The molecule has 1 saturated heterocycles. The van der Waals surface area contributed by atoms with Gasteiger partial charge in [0.2, 0.25) is 0 Å². The highest BCUT2D eigenvalue weighted by atomic mass is 32.2. The molecule has 0 aromatic heterocycles. The van der Waals surface area contributed by atoms with Crippen LogP contribution in [0.4, 0.5) is 8.78 Å². The van der Waals surface area contributed by atoms with Gasteiger partial charge in [-0.2, -0.15) is 11.8 Å². The summed E-state index contributed by atoms with van der Waals surface area (Å²) in [4.78, 5) is 0. The monoisotopic (exact) mass is 168 g/mol. The van der Waals surface area contributed by atoms with Gasteiger partial charge in [-0.15, -0.1) is 0 Å². The van der Waals surface area contributed by atoms with Crippen LogP contribution in [0.15, 0.2) is 0 Å². The minimum Gasteiger partial charge on any atom is -0.390 e. The number of hydrogen-bond acceptors (Lipinski definition) is 2. The van der Waals surface area contributed by atoms with E-state index in [9.17, 15) is 8.78 Å². The Bertz CT molecular complexity index is 112. The molecule has 4 heteroatoms. The van der Waals surface area contributed by atoms with E-state index in [0.29, 0.717) is 12.2 Å². The first-order chi connectivity index (χ1) is 4.67. The summed E-state index contributed by atoms with van der Waals surface area (Å²) in [6, 6.07) is 0. The normalized spacial score (nSPS) is 27.3. The molecule has 0 aliphatic carbocycles. The molecular weight excluding hydrogens is 158 g/mol. The minimum atomic E-state index is -2.84. The lowest BCUT2D eigenvalue weighted by Gasteiger charge is -2.19. The van der Waals surface area contributed by atoms with E-state index in [1.54, 1.807) is 0 Å². The Morgan fingerprint density at radius 3 is 2.70 bits per heavy atom. The number of hydrogen-bond donors (Lipinski definition) is 1. The molecule has 0 amide bonds. The molecular formula is C6H10F2OS. The van der Waals surface area contributed by atoms with Crippen molar-refractivity contribution in [2.24, 2.45) is 5.92 Å². The Labute approximate surface area is 62.8 Å². The highest BCUT2D eigenvalue weighted by Gasteiger charge is 2.40. The van der Waals surface area contributed by atoms with E-state index in [4.69, 9.17) is 5.11 Å². The molecule has 1 heterocycles. The second kappa shape index (κ2) is 3.05. The van der Waals surface area contributed by atoms with Crippen molar-refractivity contribution in [3.05, 3.63) is 0 Å². The summed E-state index contributed by atoms with van der Waals surface area (Å²) in [5, 5.41) is 8.30. The topological polar surface area (TPSA) is 20.2 Å². The quantitative estimate of drug-likeness (QED) is 0.672. The van der Waals surface area contributed by atoms with Crippen LogP contribution in [-0.4, -0.2) is 29.1 Å². The predicted octanol–water partition coefficient (Wildman–Crippen LogP) is 1.37. The van der Waals surface area contributed by atoms with Crippen LogP contribution in [0.3, 0.4) is 0 Å². The maximum atomic E-state index is 12.6. The molecule has 10 heavy (non-hydrogen) atoms. The fraction of sp³-hybridized carbons (Fsp3) is 1.00. The van der Waals surface area contributed by atoms with Gasteiger partial charge < -0.3 is 5.11 Å². The number of aliphatic hydroxyl groups excluding tert-OH is 1. The van der Waals surface area contributed by atoms with Crippen molar-refractivity contribution in [2.75, 3.05) is 18.1 Å². The van der Waals surface area contributed by atoms with E-state index in [1.165, 1.54) is 11.8 Å². The van der Waals surface area contributed by atoms with Crippen molar-refractivity contribution in [1.82, 2.24) is 0 Å². The van der Waals surface area contributed by atoms with E-state index in [2.05, 4.69) is 0 Å². The molecule has 0 saturated carbocycles. The highest BCUT2D eigenvalue weighted by molar-refractivity contribution is 7.99. The van der Waals surface area contributed by atoms with Gasteiger partial charge in [-0.3, -0.25) is 0 Å². The van der Waals surface area contributed by atoms with Gasteiger partial charge >= 0.3 is 0 Å². The van der Waals surface area contributed by atoms with Crippen molar-refractivity contribution in [2.45, 2.75) is 12.3 Å². The van der Waals surface area contributed by atoms with Crippen molar-refractivity contribution in [3.63, 3.8) is 0 Å². The van der Waals surface area contributed by atoms with E-state index in [1.807, 2.05) is 0 Å². The summed E-state index contributed by atoms with van der Waals surface area (Å²) < 4.78 is 25.2. The summed E-state index contributed by atoms with van der Waals surface area (Å²) in [7, 11) is 0. The molecule has 1 aliphatic rings.